The molecule has 0 atom stereocenters. The predicted molar refractivity (Wildman–Crippen MR) is 243 cm³/mol. The lowest BCUT2D eigenvalue weighted by Crippen LogP contribution is -1.97. The molecule has 0 bridgehead atoms. The van der Waals surface area contributed by atoms with E-state index in [1.54, 1.807) is 0 Å². The van der Waals surface area contributed by atoms with Crippen molar-refractivity contribution in [2.24, 2.45) is 0 Å². The fourth-order valence-corrected chi connectivity index (χ4v) is 8.50. The Balaban J connectivity index is 1.12. The van der Waals surface area contributed by atoms with Crippen LogP contribution in [-0.2, 0) is 0 Å². The molecule has 8 aromatic carbocycles. The highest BCUT2D eigenvalue weighted by Crippen LogP contribution is 2.39. The summed E-state index contributed by atoms with van der Waals surface area (Å²) in [6.45, 7) is 2.03. The van der Waals surface area contributed by atoms with E-state index in [2.05, 4.69) is 209 Å². The highest BCUT2D eigenvalue weighted by atomic mass is 15.0. The summed E-state index contributed by atoms with van der Waals surface area (Å²) in [5, 5.41) is 4.90. The maximum Gasteiger partial charge on any atom is 0.0541 e. The van der Waals surface area contributed by atoms with Gasteiger partial charge in [0.15, 0.2) is 0 Å². The first kappa shape index (κ1) is 33.9. The first-order valence-corrected chi connectivity index (χ1v) is 19.4. The summed E-state index contributed by atoms with van der Waals surface area (Å²) in [4.78, 5) is 0. The molecule has 0 saturated heterocycles. The van der Waals surface area contributed by atoms with Crippen LogP contribution in [0.2, 0.25) is 0 Å². The smallest absolute Gasteiger partial charge is 0.0541 e. The minimum atomic E-state index is 1.00. The molecular weight excluding hydrogens is 689 g/mol. The molecular formula is C55H38N2. The molecule has 2 heteroatoms. The van der Waals surface area contributed by atoms with Gasteiger partial charge in [0.2, 0.25) is 0 Å². The van der Waals surface area contributed by atoms with Gasteiger partial charge in [0.1, 0.15) is 0 Å². The number of hydrogen-bond donors (Lipinski definition) is 0. The molecule has 0 amide bonds. The Hall–Kier alpha value is -7.60. The number of allylic oxidation sites excluding steroid dienone is 4. The van der Waals surface area contributed by atoms with E-state index in [0.717, 1.165) is 44.7 Å². The van der Waals surface area contributed by atoms with Crippen LogP contribution in [0.5, 0.6) is 0 Å². The Labute approximate surface area is 332 Å². The Morgan fingerprint density at radius 1 is 0.421 bits per heavy atom. The number of fused-ring (bicyclic) bond motifs is 6. The summed E-state index contributed by atoms with van der Waals surface area (Å²) in [6, 6.07) is 68.1. The molecule has 0 saturated carbocycles. The van der Waals surface area contributed by atoms with Crippen LogP contribution in [0.25, 0.3) is 93.9 Å². The predicted octanol–water partition coefficient (Wildman–Crippen LogP) is 14.5. The van der Waals surface area contributed by atoms with E-state index in [-0.39, 0.29) is 0 Å². The zero-order valence-corrected chi connectivity index (χ0v) is 31.6. The zero-order valence-electron chi connectivity index (χ0n) is 31.6. The highest BCUT2D eigenvalue weighted by Gasteiger charge is 2.17. The van der Waals surface area contributed by atoms with Gasteiger partial charge in [-0.25, -0.2) is 0 Å². The monoisotopic (exact) mass is 726 g/mol. The highest BCUT2D eigenvalue weighted by molar-refractivity contribution is 6.12. The van der Waals surface area contributed by atoms with Crippen LogP contribution < -0.4 is 0 Å². The van der Waals surface area contributed by atoms with Gasteiger partial charge in [-0.3, -0.25) is 0 Å². The fraction of sp³-hybridized carbons (Fsp3) is 0.0182. The van der Waals surface area contributed by atoms with Crippen LogP contribution >= 0.6 is 0 Å². The van der Waals surface area contributed by atoms with E-state index < -0.39 is 0 Å². The molecule has 0 spiro atoms. The topological polar surface area (TPSA) is 9.86 Å². The molecule has 0 aliphatic carbocycles. The van der Waals surface area contributed by atoms with Crippen molar-refractivity contribution >= 4 is 49.2 Å². The zero-order chi connectivity index (χ0) is 38.3. The average molecular weight is 727 g/mol. The minimum absolute atomic E-state index is 1.00. The summed E-state index contributed by atoms with van der Waals surface area (Å²) in [6.07, 6.45) is 11.8. The Bertz CT molecular complexity index is 3220. The molecule has 57 heavy (non-hydrogen) atoms. The van der Waals surface area contributed by atoms with Crippen LogP contribution in [0.3, 0.4) is 0 Å². The Kier molecular flexibility index (Phi) is 8.47. The van der Waals surface area contributed by atoms with Gasteiger partial charge in [0.05, 0.1) is 22.1 Å². The summed E-state index contributed by atoms with van der Waals surface area (Å²) >= 11 is 0. The second-order valence-corrected chi connectivity index (χ2v) is 14.5. The van der Waals surface area contributed by atoms with E-state index >= 15 is 0 Å². The van der Waals surface area contributed by atoms with Crippen molar-refractivity contribution in [2.75, 3.05) is 0 Å². The summed E-state index contributed by atoms with van der Waals surface area (Å²) in [7, 11) is 0. The first-order valence-electron chi connectivity index (χ1n) is 19.4. The second-order valence-electron chi connectivity index (χ2n) is 14.5. The van der Waals surface area contributed by atoms with Crippen LogP contribution in [-0.4, -0.2) is 9.13 Å². The van der Waals surface area contributed by atoms with E-state index in [1.165, 1.54) is 54.8 Å². The summed E-state index contributed by atoms with van der Waals surface area (Å²) in [5.74, 6) is 2.76. The van der Waals surface area contributed by atoms with Gasteiger partial charge in [-0.05, 0) is 124 Å². The van der Waals surface area contributed by atoms with Crippen molar-refractivity contribution in [1.29, 1.82) is 0 Å². The number of para-hydroxylation sites is 2. The molecule has 0 N–H and O–H groups in total. The lowest BCUT2D eigenvalue weighted by molar-refractivity contribution is 1.18. The van der Waals surface area contributed by atoms with Gasteiger partial charge >= 0.3 is 0 Å². The lowest BCUT2D eigenvalue weighted by atomic mass is 9.97. The normalized spacial score (nSPS) is 12.0. The molecule has 268 valence electrons. The number of nitrogens with zero attached hydrogens (tertiary/aromatic N) is 2. The quantitative estimate of drug-likeness (QED) is 0.114. The average Bonchev–Trinajstić information content (AvgIpc) is 3.79. The first-order chi connectivity index (χ1) is 28.2. The van der Waals surface area contributed by atoms with E-state index in [9.17, 15) is 0 Å². The Morgan fingerprint density at radius 3 is 1.46 bits per heavy atom. The third-order valence-electron chi connectivity index (χ3n) is 11.1. The number of hydrogen-bond acceptors (Lipinski definition) is 0. The van der Waals surface area contributed by atoms with Gasteiger partial charge in [0, 0.05) is 32.9 Å². The maximum absolute atomic E-state index is 5.83. The summed E-state index contributed by atoms with van der Waals surface area (Å²) in [5.41, 5.74) is 16.1. The van der Waals surface area contributed by atoms with Crippen molar-refractivity contribution < 1.29 is 0 Å². The SMILES string of the molecule is C#C/C=C(\C=C/C)c1cc(-c2ccccc2)cc(-n2c3ccccc3c3cc(-c4ccc5c(c4)c4ccccc4n5-c4ccc(-c5ccccc5)cc4)ccc32)c1. The van der Waals surface area contributed by atoms with Gasteiger partial charge in [0.25, 0.3) is 0 Å². The van der Waals surface area contributed by atoms with Crippen molar-refractivity contribution in [1.82, 2.24) is 9.13 Å². The number of aromatic nitrogens is 2. The molecule has 2 nitrogen and oxygen atoms in total. The van der Waals surface area contributed by atoms with Crippen LogP contribution in [0, 0.1) is 12.3 Å². The molecule has 0 aliphatic heterocycles. The van der Waals surface area contributed by atoms with Gasteiger partial charge < -0.3 is 9.13 Å². The third-order valence-corrected chi connectivity index (χ3v) is 11.1. The standard InChI is InChI=1S/C55H38N2/c1-3-15-38(16-4-2)44-33-45(40-19-9-6-10-20-40)35-47(34-44)57-53-24-14-12-22-49(53)51-37-43(28-32-55(51)57)42-27-31-54-50(36-42)48-21-11-13-23-52(48)56(54)46-29-25-41(26-30-46)39-17-7-5-8-18-39/h1,4-37H,2H3/b16-4-,38-15+. The molecule has 0 unspecified atom stereocenters. The molecule has 10 aromatic rings. The van der Waals surface area contributed by atoms with E-state index in [0.29, 0.717) is 0 Å². The van der Waals surface area contributed by atoms with Crippen molar-refractivity contribution in [3.63, 3.8) is 0 Å². The maximum atomic E-state index is 5.83. The fourth-order valence-electron chi connectivity index (χ4n) is 8.50. The van der Waals surface area contributed by atoms with Gasteiger partial charge in [-0.2, -0.15) is 0 Å². The second kappa shape index (κ2) is 14.2. The van der Waals surface area contributed by atoms with Crippen molar-refractivity contribution in [3.05, 3.63) is 212 Å². The molecule has 2 heterocycles. The van der Waals surface area contributed by atoms with Crippen molar-refractivity contribution in [3.8, 4) is 57.1 Å². The van der Waals surface area contributed by atoms with Crippen LogP contribution in [0.15, 0.2) is 206 Å². The van der Waals surface area contributed by atoms with Gasteiger partial charge in [-0.1, -0.05) is 139 Å². The van der Waals surface area contributed by atoms with Crippen LogP contribution in [0.1, 0.15) is 12.5 Å². The van der Waals surface area contributed by atoms with Crippen LogP contribution in [0.4, 0.5) is 0 Å². The minimum Gasteiger partial charge on any atom is -0.309 e. The number of rotatable bonds is 7. The Morgan fingerprint density at radius 2 is 0.895 bits per heavy atom. The van der Waals surface area contributed by atoms with E-state index in [1.807, 2.05) is 19.1 Å². The third kappa shape index (κ3) is 5.94. The molecule has 2 aromatic heterocycles. The molecule has 10 rings (SSSR count). The molecule has 0 radical (unpaired) electrons. The van der Waals surface area contributed by atoms with Crippen molar-refractivity contribution in [2.45, 2.75) is 6.92 Å². The van der Waals surface area contributed by atoms with E-state index in [4.69, 9.17) is 6.42 Å². The summed E-state index contributed by atoms with van der Waals surface area (Å²) < 4.78 is 4.78. The number of benzene rings is 8. The molecule has 0 fully saturated rings. The largest absolute Gasteiger partial charge is 0.309 e. The lowest BCUT2D eigenvalue weighted by Gasteiger charge is -2.14. The molecule has 0 aliphatic rings. The van der Waals surface area contributed by atoms with Gasteiger partial charge in [-0.15, -0.1) is 6.42 Å². The number of terminal acetylenes is 1.